The van der Waals surface area contributed by atoms with Crippen LogP contribution in [0.1, 0.15) is 16.1 Å². The molecular weight excluding hydrogens is 517 g/mol. The van der Waals surface area contributed by atoms with Crippen molar-refractivity contribution < 1.29 is 42.8 Å². The van der Waals surface area contributed by atoms with Crippen LogP contribution in [-0.4, -0.2) is 29.1 Å². The number of aromatic nitrogens is 3. The molecule has 0 aliphatic rings. The number of hydrogen-bond donors (Lipinski definition) is 1. The minimum Gasteiger partial charge on any atom is -0.433 e. The number of amides is 1. The van der Waals surface area contributed by atoms with Gasteiger partial charge in [0, 0.05) is 16.4 Å². The molecule has 0 aliphatic heterocycles. The zero-order valence-corrected chi connectivity index (χ0v) is 23.7. The summed E-state index contributed by atoms with van der Waals surface area (Å²) < 4.78 is 30.4. The molecule has 0 saturated heterocycles. The molecule has 8 nitrogen and oxygen atoms in total. The van der Waals surface area contributed by atoms with Crippen LogP contribution in [0.15, 0.2) is 101 Å². The maximum absolute atomic E-state index is 13.1. The van der Waals surface area contributed by atoms with Crippen molar-refractivity contribution >= 4 is 38.1 Å². The smallest absolute Gasteiger partial charge is 0.433 e. The van der Waals surface area contributed by atoms with Gasteiger partial charge >= 0.3 is 29.6 Å². The van der Waals surface area contributed by atoms with Crippen molar-refractivity contribution in [2.75, 3.05) is 5.32 Å². The van der Waals surface area contributed by atoms with Crippen molar-refractivity contribution in [3.05, 3.63) is 112 Å². The quantitative estimate of drug-likeness (QED) is 0.321. The van der Waals surface area contributed by atoms with Gasteiger partial charge in [0.2, 0.25) is 10.0 Å². The minimum absolute atomic E-state index is 0. The van der Waals surface area contributed by atoms with Crippen LogP contribution in [0.4, 0.5) is 10.8 Å². The normalized spacial score (nSPS) is 10.9. The van der Waals surface area contributed by atoms with Crippen molar-refractivity contribution in [3.8, 4) is 16.9 Å². The van der Waals surface area contributed by atoms with E-state index >= 15 is 0 Å². The second kappa shape index (κ2) is 11.4. The van der Waals surface area contributed by atoms with Crippen molar-refractivity contribution in [2.24, 2.45) is 0 Å². The van der Waals surface area contributed by atoms with Crippen LogP contribution in [0.3, 0.4) is 0 Å². The van der Waals surface area contributed by atoms with E-state index in [2.05, 4.69) is 20.1 Å². The molecule has 37 heavy (non-hydrogen) atoms. The fourth-order valence-electron chi connectivity index (χ4n) is 3.51. The third-order valence-electron chi connectivity index (χ3n) is 5.32. The number of sulfonamides is 1. The first kappa shape index (κ1) is 26.8. The zero-order valence-electron chi connectivity index (χ0n) is 20.1. The molecule has 2 aromatic heterocycles. The van der Waals surface area contributed by atoms with E-state index in [-0.39, 0.29) is 45.3 Å². The number of nitrogens with zero attached hydrogens (tertiary/aromatic N) is 4. The predicted octanol–water partition coefficient (Wildman–Crippen LogP) is 2.95. The number of carbonyl (C=O) groups is 1. The van der Waals surface area contributed by atoms with Crippen molar-refractivity contribution in [1.29, 1.82) is 0 Å². The summed E-state index contributed by atoms with van der Waals surface area (Å²) >= 11 is 1.13. The molecule has 5 rings (SSSR count). The van der Waals surface area contributed by atoms with E-state index in [1.54, 1.807) is 16.1 Å². The zero-order chi connectivity index (χ0) is 25.1. The van der Waals surface area contributed by atoms with Gasteiger partial charge in [-0.25, -0.2) is 13.1 Å². The number of thiazole rings is 1. The largest absolute Gasteiger partial charge is 1.00 e. The minimum atomic E-state index is -3.90. The Morgan fingerprint density at radius 1 is 0.973 bits per heavy atom. The second-order valence-electron chi connectivity index (χ2n) is 7.89. The summed E-state index contributed by atoms with van der Waals surface area (Å²) in [7, 11) is -3.90. The Morgan fingerprint density at radius 3 is 2.32 bits per heavy atom. The summed E-state index contributed by atoms with van der Waals surface area (Å²) in [5, 5.41) is 9.15. The monoisotopic (exact) mass is 537 g/mol. The summed E-state index contributed by atoms with van der Waals surface area (Å²) in [6.07, 6.45) is 1.49. The second-order valence-corrected chi connectivity index (χ2v) is 10.4. The molecule has 180 valence electrons. The molecule has 0 radical (unpaired) electrons. The number of benzene rings is 3. The summed E-state index contributed by atoms with van der Waals surface area (Å²) in [6, 6.07) is 25.1. The predicted molar refractivity (Wildman–Crippen MR) is 140 cm³/mol. The van der Waals surface area contributed by atoms with E-state index in [1.165, 1.54) is 30.5 Å². The fraction of sp³-hybridized carbons (Fsp3) is 0.0385. The van der Waals surface area contributed by atoms with E-state index in [4.69, 9.17) is 0 Å². The van der Waals surface area contributed by atoms with Crippen molar-refractivity contribution in [3.63, 3.8) is 0 Å². The average molecular weight is 538 g/mol. The Kier molecular flexibility index (Phi) is 8.25. The summed E-state index contributed by atoms with van der Waals surface area (Å²) in [5.74, 6) is -0.416. The van der Waals surface area contributed by atoms with Crippen LogP contribution >= 0.6 is 11.3 Å². The van der Waals surface area contributed by atoms with Crippen LogP contribution in [-0.2, 0) is 10.0 Å². The molecule has 1 amide bonds. The van der Waals surface area contributed by atoms with Gasteiger partial charge in [0.1, 0.15) is 0 Å². The SMILES string of the molecule is Cc1ccc(-c2cc(C(=O)Nc3ccc(S(=O)(=O)[N-]c4nccs4)cc3)nn2-c2ccccc2)cc1.[Na+]. The molecule has 0 saturated carbocycles. The summed E-state index contributed by atoms with van der Waals surface area (Å²) in [6.45, 7) is 2.01. The standard InChI is InChI=1S/C26H21N5O3S2.Na/c1-18-7-9-19(10-8-18)24-17-23(29-31(24)21-5-3-2-4-6-21)25(32)28-20-11-13-22(14-12-20)36(33,34)30-26-27-15-16-35-26;/h2-17H,1H3,(H2,27,28,30,32);/q;+1/p-1. The van der Waals surface area contributed by atoms with Gasteiger partial charge < -0.3 is 15.0 Å². The Morgan fingerprint density at radius 2 is 1.68 bits per heavy atom. The molecule has 0 atom stereocenters. The first-order chi connectivity index (χ1) is 17.4. The maximum Gasteiger partial charge on any atom is 1.00 e. The number of rotatable bonds is 7. The van der Waals surface area contributed by atoms with Crippen molar-refractivity contribution in [1.82, 2.24) is 14.8 Å². The van der Waals surface area contributed by atoms with Gasteiger partial charge in [0.05, 0.1) is 16.3 Å². The Balaban J connectivity index is 0.00000320. The molecule has 1 N–H and O–H groups in total. The Bertz CT molecular complexity index is 1600. The first-order valence-electron chi connectivity index (χ1n) is 10.9. The van der Waals surface area contributed by atoms with Gasteiger partial charge in [-0.2, -0.15) is 16.4 Å². The van der Waals surface area contributed by atoms with Crippen LogP contribution in [0, 0.1) is 6.92 Å². The topological polar surface area (TPSA) is 108 Å². The summed E-state index contributed by atoms with van der Waals surface area (Å²) in [5.41, 5.74) is 4.31. The molecular formula is C26H20N5NaO3S2. The van der Waals surface area contributed by atoms with Gasteiger partial charge in [-0.3, -0.25) is 4.79 Å². The van der Waals surface area contributed by atoms with E-state index < -0.39 is 15.9 Å². The van der Waals surface area contributed by atoms with Gasteiger partial charge in [-0.15, -0.1) is 0 Å². The van der Waals surface area contributed by atoms with E-state index in [0.717, 1.165) is 33.8 Å². The molecule has 0 bridgehead atoms. The molecule has 3 aromatic carbocycles. The maximum atomic E-state index is 13.1. The third kappa shape index (κ3) is 6.17. The number of aryl methyl sites for hydroxylation is 1. The van der Waals surface area contributed by atoms with E-state index in [0.29, 0.717) is 5.69 Å². The van der Waals surface area contributed by atoms with Gasteiger partial charge in [-0.05, 0) is 54.8 Å². The molecule has 0 spiro atoms. The molecule has 5 aromatic rings. The first-order valence-corrected chi connectivity index (χ1v) is 13.2. The number of para-hydroxylation sites is 1. The van der Waals surface area contributed by atoms with Crippen LogP contribution in [0.25, 0.3) is 21.7 Å². The van der Waals surface area contributed by atoms with Gasteiger partial charge in [-0.1, -0.05) is 54.2 Å². The number of carbonyl (C=O) groups excluding carboxylic acids is 1. The van der Waals surface area contributed by atoms with Crippen molar-refractivity contribution in [2.45, 2.75) is 11.8 Å². The average Bonchev–Trinajstić information content (AvgIpc) is 3.55. The van der Waals surface area contributed by atoms with E-state index in [9.17, 15) is 13.2 Å². The third-order valence-corrected chi connectivity index (χ3v) is 7.38. The molecule has 2 heterocycles. The molecule has 0 fully saturated rings. The molecule has 0 unspecified atom stereocenters. The Hall–Kier alpha value is -3.28. The molecule has 0 aliphatic carbocycles. The van der Waals surface area contributed by atoms with Crippen LogP contribution in [0.2, 0.25) is 0 Å². The van der Waals surface area contributed by atoms with Gasteiger partial charge in [0.15, 0.2) is 5.69 Å². The van der Waals surface area contributed by atoms with Crippen LogP contribution in [0.5, 0.6) is 0 Å². The Labute approximate surface area is 240 Å². The number of nitrogens with one attached hydrogen (secondary N) is 1. The number of hydrogen-bond acceptors (Lipinski definition) is 6. The van der Waals surface area contributed by atoms with E-state index in [1.807, 2.05) is 61.5 Å². The summed E-state index contributed by atoms with van der Waals surface area (Å²) in [4.78, 5) is 16.9. The molecule has 11 heteroatoms. The van der Waals surface area contributed by atoms with Gasteiger partial charge in [0.25, 0.3) is 5.91 Å². The fourth-order valence-corrected chi connectivity index (χ4v) is 5.18. The van der Waals surface area contributed by atoms with Crippen LogP contribution < -0.4 is 34.9 Å². The number of anilines is 1.